The Labute approximate surface area is 149 Å². The van der Waals surface area contributed by atoms with Crippen LogP contribution in [0.15, 0.2) is 48.5 Å². The third kappa shape index (κ3) is 4.42. The standard InChI is InChI=1S/C19H18N2O3S/c1-24-19(23)14-8-6-13(7-9-14)12-20-17(22)10-11-18-21-15-4-2-3-5-16(15)25-18/h2-9H,10-12H2,1H3,(H,20,22). The third-order valence-electron chi connectivity index (χ3n) is 3.77. The number of hydrogen-bond acceptors (Lipinski definition) is 5. The van der Waals surface area contributed by atoms with Gasteiger partial charge in [-0.15, -0.1) is 11.3 Å². The zero-order valence-corrected chi connectivity index (χ0v) is 14.6. The van der Waals surface area contributed by atoms with Crippen LogP contribution in [0.1, 0.15) is 27.3 Å². The molecular weight excluding hydrogens is 336 g/mol. The number of rotatable bonds is 6. The van der Waals surface area contributed by atoms with E-state index in [4.69, 9.17) is 0 Å². The van der Waals surface area contributed by atoms with Crippen molar-refractivity contribution in [3.8, 4) is 0 Å². The summed E-state index contributed by atoms with van der Waals surface area (Å²) >= 11 is 1.63. The van der Waals surface area contributed by atoms with Crippen LogP contribution in [0.2, 0.25) is 0 Å². The van der Waals surface area contributed by atoms with Crippen LogP contribution in [-0.4, -0.2) is 24.0 Å². The molecule has 3 rings (SSSR count). The van der Waals surface area contributed by atoms with Crippen molar-refractivity contribution in [1.82, 2.24) is 10.3 Å². The minimum atomic E-state index is -0.369. The van der Waals surface area contributed by atoms with Crippen molar-refractivity contribution in [3.05, 3.63) is 64.7 Å². The van der Waals surface area contributed by atoms with Gasteiger partial charge in [0.1, 0.15) is 0 Å². The Morgan fingerprint density at radius 3 is 2.60 bits per heavy atom. The lowest BCUT2D eigenvalue weighted by atomic mass is 10.1. The molecule has 1 N–H and O–H groups in total. The van der Waals surface area contributed by atoms with Crippen LogP contribution in [0.5, 0.6) is 0 Å². The third-order valence-corrected chi connectivity index (χ3v) is 4.86. The molecule has 0 aliphatic carbocycles. The molecule has 0 radical (unpaired) electrons. The van der Waals surface area contributed by atoms with E-state index < -0.39 is 0 Å². The second-order valence-corrected chi connectivity index (χ2v) is 6.66. The van der Waals surface area contributed by atoms with Gasteiger partial charge < -0.3 is 10.1 Å². The highest BCUT2D eigenvalue weighted by Gasteiger charge is 2.08. The Morgan fingerprint density at radius 2 is 1.88 bits per heavy atom. The summed E-state index contributed by atoms with van der Waals surface area (Å²) in [5.74, 6) is -0.386. The highest BCUT2D eigenvalue weighted by atomic mass is 32.1. The number of carbonyl (C=O) groups is 2. The fourth-order valence-corrected chi connectivity index (χ4v) is 3.38. The molecule has 1 heterocycles. The SMILES string of the molecule is COC(=O)c1ccc(CNC(=O)CCc2nc3ccccc3s2)cc1. The molecule has 0 atom stereocenters. The Bertz CT molecular complexity index is 854. The number of fused-ring (bicyclic) bond motifs is 1. The summed E-state index contributed by atoms with van der Waals surface area (Å²) in [7, 11) is 1.35. The number of thiazole rings is 1. The average Bonchev–Trinajstić information content (AvgIpc) is 3.07. The van der Waals surface area contributed by atoms with Gasteiger partial charge in [-0.2, -0.15) is 0 Å². The molecule has 0 spiro atoms. The summed E-state index contributed by atoms with van der Waals surface area (Å²) in [6.07, 6.45) is 1.03. The van der Waals surface area contributed by atoms with Gasteiger partial charge in [0, 0.05) is 19.4 Å². The van der Waals surface area contributed by atoms with E-state index >= 15 is 0 Å². The van der Waals surface area contributed by atoms with Gasteiger partial charge in [0.15, 0.2) is 0 Å². The first kappa shape index (κ1) is 17.1. The molecule has 1 aromatic heterocycles. The van der Waals surface area contributed by atoms with Gasteiger partial charge in [0.05, 0.1) is 27.9 Å². The quantitative estimate of drug-likeness (QED) is 0.690. The minimum Gasteiger partial charge on any atom is -0.465 e. The van der Waals surface area contributed by atoms with Crippen molar-refractivity contribution in [2.45, 2.75) is 19.4 Å². The fraction of sp³-hybridized carbons (Fsp3) is 0.211. The number of hydrogen-bond donors (Lipinski definition) is 1. The number of nitrogens with zero attached hydrogens (tertiary/aromatic N) is 1. The van der Waals surface area contributed by atoms with Gasteiger partial charge >= 0.3 is 5.97 Å². The van der Waals surface area contributed by atoms with Gasteiger partial charge in [-0.25, -0.2) is 9.78 Å². The number of amides is 1. The first-order valence-corrected chi connectivity index (χ1v) is 8.76. The molecule has 0 unspecified atom stereocenters. The number of carbonyl (C=O) groups excluding carboxylic acids is 2. The number of methoxy groups -OCH3 is 1. The molecule has 0 aliphatic rings. The highest BCUT2D eigenvalue weighted by molar-refractivity contribution is 7.18. The van der Waals surface area contributed by atoms with E-state index in [2.05, 4.69) is 15.0 Å². The number of aryl methyl sites for hydroxylation is 1. The number of para-hydroxylation sites is 1. The zero-order valence-electron chi connectivity index (χ0n) is 13.8. The van der Waals surface area contributed by atoms with E-state index in [-0.39, 0.29) is 11.9 Å². The van der Waals surface area contributed by atoms with Gasteiger partial charge in [-0.3, -0.25) is 4.79 Å². The Balaban J connectivity index is 1.48. The maximum Gasteiger partial charge on any atom is 0.337 e. The smallest absolute Gasteiger partial charge is 0.337 e. The first-order valence-electron chi connectivity index (χ1n) is 7.94. The van der Waals surface area contributed by atoms with E-state index in [1.807, 2.05) is 24.3 Å². The number of aromatic nitrogens is 1. The van der Waals surface area contributed by atoms with E-state index in [1.165, 1.54) is 7.11 Å². The number of nitrogens with one attached hydrogen (secondary N) is 1. The molecular formula is C19H18N2O3S. The Hall–Kier alpha value is -2.73. The monoisotopic (exact) mass is 354 g/mol. The zero-order chi connectivity index (χ0) is 17.6. The topological polar surface area (TPSA) is 68.3 Å². The second-order valence-electron chi connectivity index (χ2n) is 5.54. The molecule has 2 aromatic carbocycles. The van der Waals surface area contributed by atoms with Crippen molar-refractivity contribution in [2.75, 3.05) is 7.11 Å². The summed E-state index contributed by atoms with van der Waals surface area (Å²) in [6.45, 7) is 0.431. The minimum absolute atomic E-state index is 0.0173. The largest absolute Gasteiger partial charge is 0.465 e. The second kappa shape index (κ2) is 7.90. The van der Waals surface area contributed by atoms with Crippen molar-refractivity contribution >= 4 is 33.4 Å². The first-order chi connectivity index (χ1) is 12.2. The maximum absolute atomic E-state index is 12.0. The predicted octanol–water partition coefficient (Wildman–Crippen LogP) is 3.33. The lowest BCUT2D eigenvalue weighted by Gasteiger charge is -2.05. The van der Waals surface area contributed by atoms with Gasteiger partial charge in [-0.1, -0.05) is 24.3 Å². The van der Waals surface area contributed by atoms with Crippen molar-refractivity contribution < 1.29 is 14.3 Å². The molecule has 128 valence electrons. The summed E-state index contributed by atoms with van der Waals surface area (Å²) in [6, 6.07) is 15.0. The normalized spacial score (nSPS) is 10.6. The van der Waals surface area contributed by atoms with Gasteiger partial charge in [0.25, 0.3) is 0 Å². The predicted molar refractivity (Wildman–Crippen MR) is 97.6 cm³/mol. The van der Waals surface area contributed by atoms with Gasteiger partial charge in [0.2, 0.25) is 5.91 Å². The van der Waals surface area contributed by atoms with Crippen LogP contribution in [0.3, 0.4) is 0 Å². The van der Waals surface area contributed by atoms with Crippen molar-refractivity contribution in [2.24, 2.45) is 0 Å². The molecule has 5 nitrogen and oxygen atoms in total. The van der Waals surface area contributed by atoms with Crippen LogP contribution in [0.4, 0.5) is 0 Å². The fourth-order valence-electron chi connectivity index (χ4n) is 2.41. The maximum atomic E-state index is 12.0. The molecule has 0 saturated heterocycles. The number of benzene rings is 2. The van der Waals surface area contributed by atoms with E-state index in [9.17, 15) is 9.59 Å². The molecule has 3 aromatic rings. The van der Waals surface area contributed by atoms with Crippen molar-refractivity contribution in [3.63, 3.8) is 0 Å². The van der Waals surface area contributed by atoms with Crippen molar-refractivity contribution in [1.29, 1.82) is 0 Å². The molecule has 0 fully saturated rings. The van der Waals surface area contributed by atoms with Gasteiger partial charge in [-0.05, 0) is 29.8 Å². The Kier molecular flexibility index (Phi) is 5.40. The summed E-state index contributed by atoms with van der Waals surface area (Å²) in [5.41, 5.74) is 2.41. The van der Waals surface area contributed by atoms with Crippen LogP contribution in [0, 0.1) is 0 Å². The average molecular weight is 354 g/mol. The number of esters is 1. The molecule has 0 saturated carbocycles. The molecule has 1 amide bonds. The highest BCUT2D eigenvalue weighted by Crippen LogP contribution is 2.22. The molecule has 0 bridgehead atoms. The van der Waals surface area contributed by atoms with Crippen LogP contribution < -0.4 is 5.32 Å². The van der Waals surface area contributed by atoms with E-state index in [0.29, 0.717) is 24.9 Å². The molecule has 6 heteroatoms. The van der Waals surface area contributed by atoms with E-state index in [1.54, 1.807) is 35.6 Å². The lowest BCUT2D eigenvalue weighted by Crippen LogP contribution is -2.23. The van der Waals surface area contributed by atoms with Crippen LogP contribution >= 0.6 is 11.3 Å². The number of ether oxygens (including phenoxy) is 1. The Morgan fingerprint density at radius 1 is 1.12 bits per heavy atom. The summed E-state index contributed by atoms with van der Waals surface area (Å²) < 4.78 is 5.80. The van der Waals surface area contributed by atoms with Crippen LogP contribution in [0.25, 0.3) is 10.2 Å². The summed E-state index contributed by atoms with van der Waals surface area (Å²) in [4.78, 5) is 27.9. The molecule has 0 aliphatic heterocycles. The van der Waals surface area contributed by atoms with E-state index in [0.717, 1.165) is 20.8 Å². The summed E-state index contributed by atoms with van der Waals surface area (Å²) in [5, 5.41) is 3.86. The lowest BCUT2D eigenvalue weighted by molar-refractivity contribution is -0.121. The molecule has 25 heavy (non-hydrogen) atoms. The van der Waals surface area contributed by atoms with Crippen LogP contribution in [-0.2, 0) is 22.5 Å².